The van der Waals surface area contributed by atoms with Gasteiger partial charge in [0.25, 0.3) is 0 Å². The van der Waals surface area contributed by atoms with Gasteiger partial charge in [0, 0.05) is 0 Å². The maximum atomic E-state index is 11.6. The predicted molar refractivity (Wildman–Crippen MR) is 83.8 cm³/mol. The van der Waals surface area contributed by atoms with Gasteiger partial charge < -0.3 is 4.74 Å². The molecule has 21 heavy (non-hydrogen) atoms. The van der Waals surface area contributed by atoms with Crippen molar-refractivity contribution in [2.24, 2.45) is 0 Å². The van der Waals surface area contributed by atoms with Crippen molar-refractivity contribution in [3.05, 3.63) is 65.2 Å². The molecule has 2 aromatic carbocycles. The maximum absolute atomic E-state index is 11.6. The van der Waals surface area contributed by atoms with Crippen molar-refractivity contribution < 1.29 is 9.53 Å². The lowest BCUT2D eigenvalue weighted by Gasteiger charge is -2.24. The zero-order chi connectivity index (χ0) is 14.7. The molecule has 1 aliphatic carbocycles. The van der Waals surface area contributed by atoms with E-state index in [4.69, 9.17) is 16.3 Å². The van der Waals surface area contributed by atoms with E-state index in [-0.39, 0.29) is 11.2 Å². The molecule has 1 atom stereocenters. The van der Waals surface area contributed by atoms with Gasteiger partial charge in [0.2, 0.25) is 5.24 Å². The molecule has 0 saturated heterocycles. The second-order valence-electron chi connectivity index (χ2n) is 5.35. The van der Waals surface area contributed by atoms with Crippen LogP contribution < -0.4 is 4.74 Å². The summed E-state index contributed by atoms with van der Waals surface area (Å²) in [5, 5.41) is -0.267. The fourth-order valence-electron chi connectivity index (χ4n) is 2.92. The molecule has 0 fully saturated rings. The van der Waals surface area contributed by atoms with Gasteiger partial charge in [-0.1, -0.05) is 42.5 Å². The van der Waals surface area contributed by atoms with Crippen LogP contribution in [0.1, 0.15) is 35.4 Å². The summed E-state index contributed by atoms with van der Waals surface area (Å²) in [7, 11) is 0. The summed E-state index contributed by atoms with van der Waals surface area (Å²) < 4.78 is 5.96. The third-order valence-electron chi connectivity index (χ3n) is 3.98. The molecule has 0 heterocycles. The second kappa shape index (κ2) is 6.31. The highest BCUT2D eigenvalue weighted by molar-refractivity contribution is 6.64. The molecule has 0 saturated carbocycles. The van der Waals surface area contributed by atoms with Gasteiger partial charge in [-0.3, -0.25) is 4.79 Å². The van der Waals surface area contributed by atoms with Gasteiger partial charge in [0.05, 0.1) is 5.92 Å². The molecule has 0 unspecified atom stereocenters. The van der Waals surface area contributed by atoms with E-state index < -0.39 is 0 Å². The topological polar surface area (TPSA) is 26.3 Å². The number of carbonyl (C=O) groups excluding carboxylic acids is 1. The minimum absolute atomic E-state index is 0.185. The third kappa shape index (κ3) is 3.11. The van der Waals surface area contributed by atoms with Crippen LogP contribution in [0.2, 0.25) is 0 Å². The van der Waals surface area contributed by atoms with E-state index in [1.54, 1.807) is 0 Å². The highest BCUT2D eigenvalue weighted by Gasteiger charge is 2.27. The Bertz CT molecular complexity index is 637. The first kappa shape index (κ1) is 14.2. The lowest BCUT2D eigenvalue weighted by Crippen LogP contribution is -2.15. The van der Waals surface area contributed by atoms with Crippen LogP contribution in [0.3, 0.4) is 0 Å². The number of carbonyl (C=O) groups is 1. The molecule has 0 N–H and O–H groups in total. The molecular weight excluding hydrogens is 284 g/mol. The average molecular weight is 301 g/mol. The van der Waals surface area contributed by atoms with Crippen molar-refractivity contribution in [1.29, 1.82) is 0 Å². The number of fused-ring (bicyclic) bond motifs is 1. The van der Waals surface area contributed by atoms with Crippen LogP contribution in [0.25, 0.3) is 0 Å². The average Bonchev–Trinajstić information content (AvgIpc) is 2.53. The lowest BCUT2D eigenvalue weighted by molar-refractivity contribution is -0.113. The highest BCUT2D eigenvalue weighted by atomic mass is 35.5. The summed E-state index contributed by atoms with van der Waals surface area (Å²) in [5.74, 6) is 0.690. The van der Waals surface area contributed by atoms with Crippen molar-refractivity contribution in [3.8, 4) is 5.75 Å². The molecule has 108 valence electrons. The van der Waals surface area contributed by atoms with E-state index in [0.717, 1.165) is 41.7 Å². The largest absolute Gasteiger partial charge is 0.489 e. The summed E-state index contributed by atoms with van der Waals surface area (Å²) in [5.41, 5.74) is 3.31. The van der Waals surface area contributed by atoms with Crippen molar-refractivity contribution in [1.82, 2.24) is 0 Å². The van der Waals surface area contributed by atoms with E-state index in [1.165, 1.54) is 0 Å². The first-order chi connectivity index (χ1) is 10.3. The monoisotopic (exact) mass is 300 g/mol. The smallest absolute Gasteiger partial charge is 0.229 e. The Hall–Kier alpha value is -1.80. The number of ether oxygens (including phenoxy) is 1. The van der Waals surface area contributed by atoms with Crippen molar-refractivity contribution in [2.45, 2.75) is 31.8 Å². The Morgan fingerprint density at radius 2 is 1.95 bits per heavy atom. The van der Waals surface area contributed by atoms with Crippen molar-refractivity contribution in [3.63, 3.8) is 0 Å². The van der Waals surface area contributed by atoms with E-state index in [1.807, 2.05) is 48.5 Å². The molecule has 0 aromatic heterocycles. The standard InChI is InChI=1S/C18H17ClO2/c19-18(20)16-10-4-9-15-14(16)8-5-11-17(15)21-12-13-6-2-1-3-7-13/h1-3,5-8,11,16H,4,9-10,12H2/t16-/m1/s1. The highest BCUT2D eigenvalue weighted by Crippen LogP contribution is 2.38. The van der Waals surface area contributed by atoms with Crippen molar-refractivity contribution in [2.75, 3.05) is 0 Å². The molecule has 0 spiro atoms. The van der Waals surface area contributed by atoms with Crippen LogP contribution in [0.5, 0.6) is 5.75 Å². The van der Waals surface area contributed by atoms with Gasteiger partial charge >= 0.3 is 0 Å². The molecule has 0 aliphatic heterocycles. The van der Waals surface area contributed by atoms with E-state index in [9.17, 15) is 4.79 Å². The van der Waals surface area contributed by atoms with Gasteiger partial charge in [-0.2, -0.15) is 0 Å². The third-order valence-corrected chi connectivity index (χ3v) is 4.24. The normalized spacial score (nSPS) is 17.1. The minimum Gasteiger partial charge on any atom is -0.489 e. The molecule has 0 bridgehead atoms. The van der Waals surface area contributed by atoms with Crippen LogP contribution in [-0.2, 0) is 17.8 Å². The van der Waals surface area contributed by atoms with Crippen LogP contribution in [0.4, 0.5) is 0 Å². The zero-order valence-electron chi connectivity index (χ0n) is 11.7. The number of rotatable bonds is 4. The van der Waals surface area contributed by atoms with Gasteiger partial charge in [0.1, 0.15) is 12.4 Å². The van der Waals surface area contributed by atoms with Crippen molar-refractivity contribution >= 4 is 16.8 Å². The molecule has 2 aromatic rings. The van der Waals surface area contributed by atoms with Gasteiger partial charge in [0.15, 0.2) is 0 Å². The molecule has 3 rings (SSSR count). The number of hydrogen-bond acceptors (Lipinski definition) is 2. The quantitative estimate of drug-likeness (QED) is 0.780. The first-order valence-electron chi connectivity index (χ1n) is 7.23. The zero-order valence-corrected chi connectivity index (χ0v) is 12.5. The summed E-state index contributed by atoms with van der Waals surface area (Å²) in [6, 6.07) is 16.0. The Labute approximate surface area is 129 Å². The second-order valence-corrected chi connectivity index (χ2v) is 5.72. The molecule has 3 heteroatoms. The van der Waals surface area contributed by atoms with E-state index in [2.05, 4.69) is 0 Å². The molecule has 1 aliphatic rings. The maximum Gasteiger partial charge on any atom is 0.229 e. The Morgan fingerprint density at radius 3 is 2.71 bits per heavy atom. The first-order valence-corrected chi connectivity index (χ1v) is 7.61. The van der Waals surface area contributed by atoms with E-state index in [0.29, 0.717) is 6.61 Å². The van der Waals surface area contributed by atoms with Crippen LogP contribution in [-0.4, -0.2) is 5.24 Å². The summed E-state index contributed by atoms with van der Waals surface area (Å²) >= 11 is 5.73. The van der Waals surface area contributed by atoms with Gasteiger partial charge in [-0.15, -0.1) is 0 Å². The molecule has 0 amide bonds. The Morgan fingerprint density at radius 1 is 1.14 bits per heavy atom. The van der Waals surface area contributed by atoms with E-state index >= 15 is 0 Å². The summed E-state index contributed by atoms with van der Waals surface area (Å²) in [6.07, 6.45) is 2.75. The number of hydrogen-bond donors (Lipinski definition) is 0. The van der Waals surface area contributed by atoms with Gasteiger partial charge in [-0.25, -0.2) is 0 Å². The Balaban J connectivity index is 1.84. The minimum atomic E-state index is -0.267. The fourth-order valence-corrected chi connectivity index (χ4v) is 3.15. The molecular formula is C18H17ClO2. The summed E-state index contributed by atoms with van der Waals surface area (Å²) in [6.45, 7) is 0.538. The van der Waals surface area contributed by atoms with Gasteiger partial charge in [-0.05, 0) is 53.6 Å². The SMILES string of the molecule is O=C(Cl)[C@@H]1CCCc2c(OCc3ccccc3)cccc21. The molecule has 0 radical (unpaired) electrons. The Kier molecular flexibility index (Phi) is 4.26. The predicted octanol–water partition coefficient (Wildman–Crippen LogP) is 4.45. The lowest BCUT2D eigenvalue weighted by atomic mass is 9.83. The summed E-state index contributed by atoms with van der Waals surface area (Å²) in [4.78, 5) is 11.6. The molecule has 2 nitrogen and oxygen atoms in total. The fraction of sp³-hybridized carbons (Fsp3) is 0.278. The number of benzene rings is 2. The van der Waals surface area contributed by atoms with Crippen LogP contribution in [0.15, 0.2) is 48.5 Å². The van der Waals surface area contributed by atoms with Crippen LogP contribution in [0, 0.1) is 0 Å². The van der Waals surface area contributed by atoms with Crippen LogP contribution >= 0.6 is 11.6 Å². The number of halogens is 1.